The van der Waals surface area contributed by atoms with Gasteiger partial charge in [0.05, 0.1) is 0 Å². The first-order chi connectivity index (χ1) is 10.3. The third kappa shape index (κ3) is 3.41. The monoisotopic (exact) mass is 310 g/mol. The first kappa shape index (κ1) is 14.5. The topological polar surface area (TPSA) is 42.0 Å². The predicted molar refractivity (Wildman–Crippen MR) is 80.0 cm³/mol. The fourth-order valence-electron chi connectivity index (χ4n) is 2.68. The average molecular weight is 311 g/mol. The van der Waals surface area contributed by atoms with Crippen LogP contribution in [0.25, 0.3) is 0 Å². The molecule has 3 rings (SSSR count). The molecular weight excluding hydrogens is 292 g/mol. The number of halogens is 1. The highest BCUT2D eigenvalue weighted by atomic mass is 35.5. The number of rotatable bonds is 3. The lowest BCUT2D eigenvalue weighted by atomic mass is 10.1. The predicted octanol–water partition coefficient (Wildman–Crippen LogP) is 1.34. The molecule has 5 nitrogen and oxygen atoms in total. The molecule has 0 N–H and O–H groups in total. The molecule has 6 heteroatoms. The fraction of sp³-hybridized carbons (Fsp3) is 0.533. The molecule has 1 amide bonds. The Labute approximate surface area is 129 Å². The van der Waals surface area contributed by atoms with Gasteiger partial charge < -0.3 is 14.4 Å². The first-order valence-corrected chi connectivity index (χ1v) is 7.74. The molecule has 0 atom stereocenters. The number of piperazine rings is 1. The van der Waals surface area contributed by atoms with E-state index in [-0.39, 0.29) is 11.8 Å². The molecule has 2 aliphatic heterocycles. The number of fused-ring (bicyclic) bond motifs is 1. The van der Waals surface area contributed by atoms with E-state index < -0.39 is 0 Å². The molecule has 0 saturated carbocycles. The van der Waals surface area contributed by atoms with Crippen molar-refractivity contribution in [2.75, 3.05) is 45.3 Å². The van der Waals surface area contributed by atoms with Crippen molar-refractivity contribution in [3.63, 3.8) is 0 Å². The number of benzene rings is 1. The second kappa shape index (κ2) is 6.54. The molecule has 21 heavy (non-hydrogen) atoms. The van der Waals surface area contributed by atoms with Gasteiger partial charge in [0.15, 0.2) is 11.5 Å². The molecule has 1 fully saturated rings. The van der Waals surface area contributed by atoms with Crippen LogP contribution in [0.2, 0.25) is 0 Å². The quantitative estimate of drug-likeness (QED) is 0.790. The van der Waals surface area contributed by atoms with Crippen molar-refractivity contribution in [1.82, 2.24) is 9.80 Å². The van der Waals surface area contributed by atoms with Gasteiger partial charge in [-0.15, -0.1) is 11.6 Å². The van der Waals surface area contributed by atoms with Crippen LogP contribution < -0.4 is 9.47 Å². The Kier molecular flexibility index (Phi) is 4.51. The maximum atomic E-state index is 11.5. The summed E-state index contributed by atoms with van der Waals surface area (Å²) in [4.78, 5) is 15.7. The van der Waals surface area contributed by atoms with Crippen molar-refractivity contribution >= 4 is 17.5 Å². The summed E-state index contributed by atoms with van der Waals surface area (Å²) in [6, 6.07) is 6.09. The van der Waals surface area contributed by atoms with Gasteiger partial charge in [-0.1, -0.05) is 6.07 Å². The van der Waals surface area contributed by atoms with Crippen LogP contribution in [0.1, 0.15) is 5.56 Å². The summed E-state index contributed by atoms with van der Waals surface area (Å²) < 4.78 is 11.1. The molecule has 1 aromatic carbocycles. The molecule has 2 heterocycles. The highest BCUT2D eigenvalue weighted by molar-refractivity contribution is 6.27. The molecule has 114 valence electrons. The zero-order valence-electron chi connectivity index (χ0n) is 11.9. The first-order valence-electron chi connectivity index (χ1n) is 7.21. The lowest BCUT2D eigenvalue weighted by Gasteiger charge is -2.34. The van der Waals surface area contributed by atoms with Crippen molar-refractivity contribution in [2.45, 2.75) is 6.54 Å². The third-order valence-electron chi connectivity index (χ3n) is 3.85. The SMILES string of the molecule is O=C(CCl)N1CCN(Cc2ccc3c(c2)OCCO3)CC1. The summed E-state index contributed by atoms with van der Waals surface area (Å²) in [7, 11) is 0. The van der Waals surface area contributed by atoms with Crippen LogP contribution in [0.5, 0.6) is 11.5 Å². The maximum absolute atomic E-state index is 11.5. The lowest BCUT2D eigenvalue weighted by molar-refractivity contribution is -0.130. The number of amides is 1. The van der Waals surface area contributed by atoms with Crippen molar-refractivity contribution in [2.24, 2.45) is 0 Å². The molecule has 0 spiro atoms. The number of nitrogens with zero attached hydrogens (tertiary/aromatic N) is 2. The second-order valence-electron chi connectivity index (χ2n) is 5.27. The maximum Gasteiger partial charge on any atom is 0.237 e. The fourth-order valence-corrected chi connectivity index (χ4v) is 2.85. The van der Waals surface area contributed by atoms with Crippen LogP contribution in [0.4, 0.5) is 0 Å². The van der Waals surface area contributed by atoms with Gasteiger partial charge in [-0.2, -0.15) is 0 Å². The Morgan fingerprint density at radius 2 is 1.81 bits per heavy atom. The van der Waals surface area contributed by atoms with E-state index in [0.29, 0.717) is 13.2 Å². The van der Waals surface area contributed by atoms with Gasteiger partial charge >= 0.3 is 0 Å². The summed E-state index contributed by atoms with van der Waals surface area (Å²) in [5, 5.41) is 0. The Bertz CT molecular complexity index is 516. The van der Waals surface area contributed by atoms with Crippen LogP contribution >= 0.6 is 11.6 Å². The molecule has 0 radical (unpaired) electrons. The molecule has 2 aliphatic rings. The third-order valence-corrected chi connectivity index (χ3v) is 4.08. The Balaban J connectivity index is 1.57. The summed E-state index contributed by atoms with van der Waals surface area (Å²) in [6.07, 6.45) is 0. The molecule has 0 bridgehead atoms. The Hall–Kier alpha value is -1.46. The minimum Gasteiger partial charge on any atom is -0.486 e. The summed E-state index contributed by atoms with van der Waals surface area (Å²) >= 11 is 5.59. The molecule has 0 aliphatic carbocycles. The summed E-state index contributed by atoms with van der Waals surface area (Å²) in [5.41, 5.74) is 1.20. The lowest BCUT2D eigenvalue weighted by Crippen LogP contribution is -2.48. The van der Waals surface area contributed by atoms with E-state index in [1.165, 1.54) is 5.56 Å². The van der Waals surface area contributed by atoms with E-state index in [1.54, 1.807) is 0 Å². The van der Waals surface area contributed by atoms with Gasteiger partial charge in [-0.25, -0.2) is 0 Å². The zero-order valence-corrected chi connectivity index (χ0v) is 12.6. The van der Waals surface area contributed by atoms with E-state index in [1.807, 2.05) is 17.0 Å². The number of alkyl halides is 1. The van der Waals surface area contributed by atoms with E-state index in [2.05, 4.69) is 11.0 Å². The molecule has 0 aromatic heterocycles. The number of hydrogen-bond acceptors (Lipinski definition) is 4. The number of ether oxygens (including phenoxy) is 2. The second-order valence-corrected chi connectivity index (χ2v) is 5.54. The van der Waals surface area contributed by atoms with Crippen LogP contribution in [0.3, 0.4) is 0 Å². The molecule has 0 unspecified atom stereocenters. The van der Waals surface area contributed by atoms with E-state index in [9.17, 15) is 4.79 Å². The summed E-state index contributed by atoms with van der Waals surface area (Å²) in [6.45, 7) is 5.32. The zero-order chi connectivity index (χ0) is 14.7. The van der Waals surface area contributed by atoms with Crippen LogP contribution in [-0.4, -0.2) is 61.0 Å². The molecular formula is C15H19ClN2O3. The molecule has 1 saturated heterocycles. The largest absolute Gasteiger partial charge is 0.486 e. The standard InChI is InChI=1S/C15H19ClN2O3/c16-10-15(19)18-5-3-17(4-6-18)11-12-1-2-13-14(9-12)21-8-7-20-13/h1-2,9H,3-8,10-11H2. The minimum atomic E-state index is 0.0237. The van der Waals surface area contributed by atoms with E-state index in [4.69, 9.17) is 21.1 Å². The number of hydrogen-bond donors (Lipinski definition) is 0. The van der Waals surface area contributed by atoms with Gasteiger partial charge in [0, 0.05) is 32.7 Å². The van der Waals surface area contributed by atoms with Gasteiger partial charge in [-0.05, 0) is 17.7 Å². The van der Waals surface area contributed by atoms with Crippen molar-refractivity contribution < 1.29 is 14.3 Å². The highest BCUT2D eigenvalue weighted by Gasteiger charge is 2.21. The number of carbonyl (C=O) groups is 1. The smallest absolute Gasteiger partial charge is 0.237 e. The van der Waals surface area contributed by atoms with E-state index in [0.717, 1.165) is 44.2 Å². The van der Waals surface area contributed by atoms with Gasteiger partial charge in [0.25, 0.3) is 0 Å². The van der Waals surface area contributed by atoms with Crippen LogP contribution in [0, 0.1) is 0 Å². The highest BCUT2D eigenvalue weighted by Crippen LogP contribution is 2.31. The number of carbonyl (C=O) groups excluding carboxylic acids is 1. The van der Waals surface area contributed by atoms with Crippen molar-refractivity contribution in [3.8, 4) is 11.5 Å². The molecule has 1 aromatic rings. The summed E-state index contributed by atoms with van der Waals surface area (Å²) in [5.74, 6) is 1.75. The Morgan fingerprint density at radius 1 is 1.10 bits per heavy atom. The minimum absolute atomic E-state index is 0.0237. The normalized spacial score (nSPS) is 18.6. The van der Waals surface area contributed by atoms with Crippen molar-refractivity contribution in [1.29, 1.82) is 0 Å². The van der Waals surface area contributed by atoms with Gasteiger partial charge in [0.2, 0.25) is 5.91 Å². The van der Waals surface area contributed by atoms with Crippen molar-refractivity contribution in [3.05, 3.63) is 23.8 Å². The Morgan fingerprint density at radius 3 is 2.52 bits per heavy atom. The van der Waals surface area contributed by atoms with Crippen LogP contribution in [-0.2, 0) is 11.3 Å². The average Bonchev–Trinajstić information content (AvgIpc) is 2.55. The van der Waals surface area contributed by atoms with Gasteiger partial charge in [0.1, 0.15) is 19.1 Å². The van der Waals surface area contributed by atoms with E-state index >= 15 is 0 Å². The van der Waals surface area contributed by atoms with Crippen LogP contribution in [0.15, 0.2) is 18.2 Å². The van der Waals surface area contributed by atoms with Gasteiger partial charge in [-0.3, -0.25) is 9.69 Å².